The third-order valence-corrected chi connectivity index (χ3v) is 2.32. The molecule has 0 fully saturated rings. The fourth-order valence-corrected chi connectivity index (χ4v) is 1.52. The standard InChI is InChI=1S/C10H16N2O/c1-4-5-10(2,3)8-6-9(13)12-11-7-8/h6-7H,4-5H2,1-3H3,(H,12,13). The van der Waals surface area contributed by atoms with Gasteiger partial charge in [-0.2, -0.15) is 5.10 Å². The topological polar surface area (TPSA) is 45.8 Å². The molecule has 0 spiro atoms. The summed E-state index contributed by atoms with van der Waals surface area (Å²) in [6, 6.07) is 1.63. The molecule has 1 heterocycles. The van der Waals surface area contributed by atoms with E-state index in [0.717, 1.165) is 18.4 Å². The van der Waals surface area contributed by atoms with Gasteiger partial charge in [-0.15, -0.1) is 0 Å². The van der Waals surface area contributed by atoms with E-state index < -0.39 is 0 Å². The van der Waals surface area contributed by atoms with Crippen molar-refractivity contribution in [2.45, 2.75) is 39.0 Å². The first-order chi connectivity index (χ1) is 6.06. The second kappa shape index (κ2) is 3.73. The summed E-state index contributed by atoms with van der Waals surface area (Å²) in [5.74, 6) is 0. The van der Waals surface area contributed by atoms with Gasteiger partial charge < -0.3 is 0 Å². The van der Waals surface area contributed by atoms with Gasteiger partial charge in [0.15, 0.2) is 0 Å². The molecule has 72 valence electrons. The number of hydrogen-bond acceptors (Lipinski definition) is 2. The van der Waals surface area contributed by atoms with Gasteiger partial charge in [0.25, 0.3) is 5.56 Å². The molecule has 1 rings (SSSR count). The van der Waals surface area contributed by atoms with Crippen molar-refractivity contribution in [3.8, 4) is 0 Å². The van der Waals surface area contributed by atoms with Crippen molar-refractivity contribution in [1.82, 2.24) is 10.2 Å². The largest absolute Gasteiger partial charge is 0.268 e. The molecular weight excluding hydrogens is 164 g/mol. The minimum Gasteiger partial charge on any atom is -0.268 e. The zero-order valence-corrected chi connectivity index (χ0v) is 8.42. The molecule has 0 atom stereocenters. The molecule has 0 radical (unpaired) electrons. The molecular formula is C10H16N2O. The number of aromatic nitrogens is 2. The molecule has 3 heteroatoms. The van der Waals surface area contributed by atoms with Crippen LogP contribution in [0.15, 0.2) is 17.1 Å². The summed E-state index contributed by atoms with van der Waals surface area (Å²) in [6.07, 6.45) is 3.91. The Kier molecular flexibility index (Phi) is 2.86. The highest BCUT2D eigenvalue weighted by Gasteiger charge is 2.19. The Morgan fingerprint density at radius 2 is 2.23 bits per heavy atom. The van der Waals surface area contributed by atoms with E-state index in [1.54, 1.807) is 12.3 Å². The average Bonchev–Trinajstić information content (AvgIpc) is 2.04. The van der Waals surface area contributed by atoms with E-state index in [9.17, 15) is 4.79 Å². The van der Waals surface area contributed by atoms with E-state index in [0.29, 0.717) is 0 Å². The third-order valence-electron chi connectivity index (χ3n) is 2.32. The van der Waals surface area contributed by atoms with Gasteiger partial charge in [0.1, 0.15) is 0 Å². The van der Waals surface area contributed by atoms with Crippen LogP contribution < -0.4 is 5.56 Å². The molecule has 13 heavy (non-hydrogen) atoms. The molecule has 1 aromatic heterocycles. The van der Waals surface area contributed by atoms with Crippen molar-refractivity contribution >= 4 is 0 Å². The van der Waals surface area contributed by atoms with Crippen molar-refractivity contribution < 1.29 is 0 Å². The Morgan fingerprint density at radius 3 is 2.77 bits per heavy atom. The normalized spacial score (nSPS) is 11.6. The number of H-pyrrole nitrogens is 1. The highest BCUT2D eigenvalue weighted by atomic mass is 16.1. The monoisotopic (exact) mass is 180 g/mol. The average molecular weight is 180 g/mol. The van der Waals surface area contributed by atoms with Crippen LogP contribution in [-0.2, 0) is 5.41 Å². The summed E-state index contributed by atoms with van der Waals surface area (Å²) >= 11 is 0. The number of nitrogens with zero attached hydrogens (tertiary/aromatic N) is 1. The highest BCUT2D eigenvalue weighted by Crippen LogP contribution is 2.26. The summed E-state index contributed by atoms with van der Waals surface area (Å²) in [5.41, 5.74) is 0.940. The van der Waals surface area contributed by atoms with E-state index in [1.165, 1.54) is 0 Å². The Labute approximate surface area is 78.2 Å². The van der Waals surface area contributed by atoms with Gasteiger partial charge in [0.2, 0.25) is 0 Å². The predicted octanol–water partition coefficient (Wildman–Crippen LogP) is 1.85. The predicted molar refractivity (Wildman–Crippen MR) is 52.8 cm³/mol. The molecule has 0 aliphatic rings. The lowest BCUT2D eigenvalue weighted by Gasteiger charge is -2.23. The van der Waals surface area contributed by atoms with E-state index in [-0.39, 0.29) is 11.0 Å². The van der Waals surface area contributed by atoms with Crippen LogP contribution in [0.25, 0.3) is 0 Å². The lowest BCUT2D eigenvalue weighted by atomic mass is 9.82. The van der Waals surface area contributed by atoms with Gasteiger partial charge in [0, 0.05) is 6.07 Å². The van der Waals surface area contributed by atoms with Crippen molar-refractivity contribution in [2.75, 3.05) is 0 Å². The van der Waals surface area contributed by atoms with E-state index in [2.05, 4.69) is 31.0 Å². The van der Waals surface area contributed by atoms with Gasteiger partial charge in [-0.25, -0.2) is 5.10 Å². The van der Waals surface area contributed by atoms with Crippen molar-refractivity contribution in [2.24, 2.45) is 0 Å². The SMILES string of the molecule is CCCC(C)(C)c1cn[nH]c(=O)c1. The highest BCUT2D eigenvalue weighted by molar-refractivity contribution is 5.17. The molecule has 1 aromatic rings. The van der Waals surface area contributed by atoms with Crippen molar-refractivity contribution in [3.05, 3.63) is 28.2 Å². The first kappa shape index (κ1) is 9.96. The maximum absolute atomic E-state index is 11.0. The fourth-order valence-electron chi connectivity index (χ4n) is 1.52. The number of hydrogen-bond donors (Lipinski definition) is 1. The maximum atomic E-state index is 11.0. The molecule has 0 saturated carbocycles. The minimum absolute atomic E-state index is 0.0516. The summed E-state index contributed by atoms with van der Waals surface area (Å²) < 4.78 is 0. The second-order valence-electron chi connectivity index (χ2n) is 3.97. The van der Waals surface area contributed by atoms with Crippen LogP contribution in [0.3, 0.4) is 0 Å². The Hall–Kier alpha value is -1.12. The molecule has 0 unspecified atom stereocenters. The lowest BCUT2D eigenvalue weighted by molar-refractivity contribution is 0.469. The zero-order valence-electron chi connectivity index (χ0n) is 8.42. The molecule has 0 aliphatic carbocycles. The minimum atomic E-state index is -0.123. The van der Waals surface area contributed by atoms with Crippen LogP contribution in [0.2, 0.25) is 0 Å². The van der Waals surface area contributed by atoms with Gasteiger partial charge in [-0.05, 0) is 17.4 Å². The second-order valence-corrected chi connectivity index (χ2v) is 3.97. The molecule has 1 N–H and O–H groups in total. The van der Waals surface area contributed by atoms with Crippen LogP contribution in [0.5, 0.6) is 0 Å². The molecule has 3 nitrogen and oxygen atoms in total. The molecule has 0 saturated heterocycles. The molecule has 0 amide bonds. The quantitative estimate of drug-likeness (QED) is 0.771. The number of nitrogens with one attached hydrogen (secondary N) is 1. The van der Waals surface area contributed by atoms with Gasteiger partial charge in [0.05, 0.1) is 6.20 Å². The first-order valence-corrected chi connectivity index (χ1v) is 4.61. The Morgan fingerprint density at radius 1 is 1.54 bits per heavy atom. The first-order valence-electron chi connectivity index (χ1n) is 4.61. The van der Waals surface area contributed by atoms with Gasteiger partial charge >= 0.3 is 0 Å². The van der Waals surface area contributed by atoms with E-state index in [1.807, 2.05) is 0 Å². The number of rotatable bonds is 3. The van der Waals surface area contributed by atoms with Crippen LogP contribution in [0, 0.1) is 0 Å². The number of aromatic amines is 1. The van der Waals surface area contributed by atoms with Crippen molar-refractivity contribution in [3.63, 3.8) is 0 Å². The molecule has 0 aromatic carbocycles. The summed E-state index contributed by atoms with van der Waals surface area (Å²) in [4.78, 5) is 11.0. The van der Waals surface area contributed by atoms with Gasteiger partial charge in [-0.1, -0.05) is 27.2 Å². The fraction of sp³-hybridized carbons (Fsp3) is 0.600. The zero-order chi connectivity index (χ0) is 9.90. The van der Waals surface area contributed by atoms with Crippen LogP contribution >= 0.6 is 0 Å². The lowest BCUT2D eigenvalue weighted by Crippen LogP contribution is -2.20. The summed E-state index contributed by atoms with van der Waals surface area (Å²) in [6.45, 7) is 6.41. The Balaban J connectivity index is 2.99. The Bertz CT molecular complexity index is 328. The maximum Gasteiger partial charge on any atom is 0.264 e. The van der Waals surface area contributed by atoms with Gasteiger partial charge in [-0.3, -0.25) is 4.79 Å². The summed E-state index contributed by atoms with van der Waals surface area (Å²) in [5, 5.41) is 6.18. The smallest absolute Gasteiger partial charge is 0.264 e. The van der Waals surface area contributed by atoms with Crippen LogP contribution in [0.1, 0.15) is 39.2 Å². The van der Waals surface area contributed by atoms with E-state index in [4.69, 9.17) is 0 Å². The third kappa shape index (κ3) is 2.41. The van der Waals surface area contributed by atoms with Crippen molar-refractivity contribution in [1.29, 1.82) is 0 Å². The summed E-state index contributed by atoms with van der Waals surface area (Å²) in [7, 11) is 0. The van der Waals surface area contributed by atoms with E-state index >= 15 is 0 Å². The van der Waals surface area contributed by atoms with Crippen LogP contribution in [-0.4, -0.2) is 10.2 Å². The molecule has 0 bridgehead atoms. The van der Waals surface area contributed by atoms with Crippen LogP contribution in [0.4, 0.5) is 0 Å². The molecule has 0 aliphatic heterocycles.